The van der Waals surface area contributed by atoms with Crippen LogP contribution >= 0.6 is 0 Å². The van der Waals surface area contributed by atoms with Crippen LogP contribution in [0.1, 0.15) is 56.1 Å². The number of aryl methyl sites for hydroxylation is 1. The summed E-state index contributed by atoms with van der Waals surface area (Å²) in [5, 5.41) is 0. The Hall–Kier alpha value is -2.31. The molecule has 0 N–H and O–H groups in total. The lowest BCUT2D eigenvalue weighted by Crippen LogP contribution is -2.39. The molecule has 1 amide bonds. The number of rotatable bonds is 2. The number of aromatic nitrogens is 1. The lowest BCUT2D eigenvalue weighted by atomic mass is 10.1. The van der Waals surface area contributed by atoms with Crippen molar-refractivity contribution in [2.45, 2.75) is 58.7 Å². The SMILES string of the molecule is COC(=O)c1cn([C@@H]2C[C@@H](C)N(C(=O)OC(C)(C)C)C2)c(=O)cc1C. The molecule has 2 atom stereocenters. The van der Waals surface area contributed by atoms with Crippen molar-refractivity contribution >= 4 is 12.1 Å². The van der Waals surface area contributed by atoms with E-state index in [1.165, 1.54) is 23.9 Å². The Labute approximate surface area is 147 Å². The summed E-state index contributed by atoms with van der Waals surface area (Å²) in [5.74, 6) is -0.485. The highest BCUT2D eigenvalue weighted by molar-refractivity contribution is 5.90. The Morgan fingerprint density at radius 2 is 1.92 bits per heavy atom. The van der Waals surface area contributed by atoms with E-state index in [0.29, 0.717) is 24.1 Å². The second kappa shape index (κ2) is 6.90. The first-order chi connectivity index (χ1) is 11.5. The smallest absolute Gasteiger partial charge is 0.410 e. The molecule has 25 heavy (non-hydrogen) atoms. The quantitative estimate of drug-likeness (QED) is 0.766. The molecule has 138 valence electrons. The zero-order valence-electron chi connectivity index (χ0n) is 15.7. The minimum absolute atomic E-state index is 0.0605. The summed E-state index contributed by atoms with van der Waals surface area (Å²) < 4.78 is 11.7. The first-order valence-electron chi connectivity index (χ1n) is 8.34. The van der Waals surface area contributed by atoms with Gasteiger partial charge in [-0.1, -0.05) is 0 Å². The fourth-order valence-electron chi connectivity index (χ4n) is 3.03. The van der Waals surface area contributed by atoms with Crippen molar-refractivity contribution < 1.29 is 19.1 Å². The van der Waals surface area contributed by atoms with Crippen LogP contribution in [0.4, 0.5) is 4.79 Å². The Morgan fingerprint density at radius 3 is 2.48 bits per heavy atom. The van der Waals surface area contributed by atoms with Crippen LogP contribution in [0.2, 0.25) is 0 Å². The second-order valence-corrected chi connectivity index (χ2v) is 7.48. The number of amides is 1. The number of ether oxygens (including phenoxy) is 2. The molecular weight excluding hydrogens is 324 g/mol. The summed E-state index contributed by atoms with van der Waals surface area (Å²) in [5.41, 5.74) is 0.148. The van der Waals surface area contributed by atoms with Crippen LogP contribution in [0.5, 0.6) is 0 Å². The fraction of sp³-hybridized carbons (Fsp3) is 0.611. The average molecular weight is 350 g/mol. The number of pyridine rings is 1. The van der Waals surface area contributed by atoms with Crippen LogP contribution in [0.25, 0.3) is 0 Å². The fourth-order valence-corrected chi connectivity index (χ4v) is 3.03. The largest absolute Gasteiger partial charge is 0.465 e. The molecule has 2 rings (SSSR count). The molecule has 0 unspecified atom stereocenters. The van der Waals surface area contributed by atoms with Gasteiger partial charge in [0.05, 0.1) is 18.7 Å². The van der Waals surface area contributed by atoms with E-state index in [0.717, 1.165) is 0 Å². The van der Waals surface area contributed by atoms with E-state index in [1.54, 1.807) is 11.8 Å². The summed E-state index contributed by atoms with van der Waals surface area (Å²) in [6, 6.07) is 1.15. The van der Waals surface area contributed by atoms with E-state index in [9.17, 15) is 14.4 Å². The molecule has 1 aliphatic rings. The van der Waals surface area contributed by atoms with E-state index in [1.807, 2.05) is 27.7 Å². The number of esters is 1. The van der Waals surface area contributed by atoms with Crippen molar-refractivity contribution in [1.29, 1.82) is 0 Å². The Balaban J connectivity index is 2.28. The van der Waals surface area contributed by atoms with Crippen molar-refractivity contribution in [1.82, 2.24) is 9.47 Å². The highest BCUT2D eigenvalue weighted by Gasteiger charge is 2.36. The third kappa shape index (κ3) is 4.21. The first-order valence-corrected chi connectivity index (χ1v) is 8.34. The summed E-state index contributed by atoms with van der Waals surface area (Å²) in [6.45, 7) is 9.43. The number of carbonyl (C=O) groups is 2. The maximum atomic E-state index is 12.4. The molecule has 7 nitrogen and oxygen atoms in total. The zero-order valence-corrected chi connectivity index (χ0v) is 15.7. The molecule has 0 aliphatic carbocycles. The van der Waals surface area contributed by atoms with Gasteiger partial charge in [0.25, 0.3) is 5.56 Å². The van der Waals surface area contributed by atoms with Gasteiger partial charge in [-0.2, -0.15) is 0 Å². The van der Waals surface area contributed by atoms with E-state index in [2.05, 4.69) is 0 Å². The molecule has 0 spiro atoms. The normalized spacial score (nSPS) is 20.5. The van der Waals surface area contributed by atoms with E-state index in [4.69, 9.17) is 9.47 Å². The Kier molecular flexibility index (Phi) is 5.25. The predicted octanol–water partition coefficient (Wildman–Crippen LogP) is 2.51. The number of nitrogens with zero attached hydrogens (tertiary/aromatic N) is 2. The van der Waals surface area contributed by atoms with Crippen molar-refractivity contribution in [2.24, 2.45) is 0 Å². The number of carbonyl (C=O) groups excluding carboxylic acids is 2. The Bertz CT molecular complexity index is 732. The van der Waals surface area contributed by atoms with E-state index < -0.39 is 17.7 Å². The lowest BCUT2D eigenvalue weighted by molar-refractivity contribution is 0.0234. The van der Waals surface area contributed by atoms with Crippen LogP contribution in [-0.4, -0.2) is 46.8 Å². The third-order valence-corrected chi connectivity index (χ3v) is 4.27. The number of hydrogen-bond acceptors (Lipinski definition) is 5. The van der Waals surface area contributed by atoms with Gasteiger partial charge in [-0.3, -0.25) is 4.79 Å². The van der Waals surface area contributed by atoms with Gasteiger partial charge in [-0.05, 0) is 46.6 Å². The minimum atomic E-state index is -0.576. The number of likely N-dealkylation sites (tertiary alicyclic amines) is 1. The van der Waals surface area contributed by atoms with E-state index in [-0.39, 0.29) is 17.6 Å². The predicted molar refractivity (Wildman–Crippen MR) is 92.8 cm³/mol. The van der Waals surface area contributed by atoms with Crippen LogP contribution < -0.4 is 5.56 Å². The molecule has 2 heterocycles. The molecule has 0 aromatic carbocycles. The Morgan fingerprint density at radius 1 is 1.28 bits per heavy atom. The van der Waals surface area contributed by atoms with Crippen LogP contribution in [0, 0.1) is 6.92 Å². The van der Waals surface area contributed by atoms with Gasteiger partial charge in [0.15, 0.2) is 0 Å². The molecule has 1 aliphatic heterocycles. The van der Waals surface area contributed by atoms with Crippen LogP contribution in [0.15, 0.2) is 17.1 Å². The molecule has 1 aromatic rings. The number of hydrogen-bond donors (Lipinski definition) is 0. The second-order valence-electron chi connectivity index (χ2n) is 7.48. The standard InChI is InChI=1S/C18H26N2O5/c1-11-7-15(21)20(10-14(11)16(22)24-6)13-8-12(2)19(9-13)17(23)25-18(3,4)5/h7,10,12-13H,8-9H2,1-6H3/t12-,13-/m1/s1. The average Bonchev–Trinajstić information content (AvgIpc) is 2.86. The van der Waals surface area contributed by atoms with Crippen LogP contribution in [-0.2, 0) is 9.47 Å². The zero-order chi connectivity index (χ0) is 18.9. The van der Waals surface area contributed by atoms with Crippen molar-refractivity contribution in [3.63, 3.8) is 0 Å². The van der Waals surface area contributed by atoms with Crippen molar-refractivity contribution in [3.05, 3.63) is 33.7 Å². The molecule has 0 saturated carbocycles. The maximum Gasteiger partial charge on any atom is 0.410 e. The van der Waals surface area contributed by atoms with Gasteiger partial charge >= 0.3 is 12.1 Å². The molecule has 1 fully saturated rings. The maximum absolute atomic E-state index is 12.4. The first kappa shape index (κ1) is 19.0. The summed E-state index contributed by atoms with van der Waals surface area (Å²) in [7, 11) is 1.30. The van der Waals surface area contributed by atoms with Crippen LogP contribution in [0.3, 0.4) is 0 Å². The van der Waals surface area contributed by atoms with Gasteiger partial charge in [-0.15, -0.1) is 0 Å². The highest BCUT2D eigenvalue weighted by Crippen LogP contribution is 2.28. The third-order valence-electron chi connectivity index (χ3n) is 4.27. The lowest BCUT2D eigenvalue weighted by Gasteiger charge is -2.27. The van der Waals surface area contributed by atoms with Crippen molar-refractivity contribution in [2.75, 3.05) is 13.7 Å². The molecule has 1 aromatic heterocycles. The summed E-state index contributed by atoms with van der Waals surface area (Å²) >= 11 is 0. The summed E-state index contributed by atoms with van der Waals surface area (Å²) in [4.78, 5) is 38.2. The number of methoxy groups -OCH3 is 1. The van der Waals surface area contributed by atoms with Gasteiger partial charge in [0.2, 0.25) is 0 Å². The van der Waals surface area contributed by atoms with E-state index >= 15 is 0 Å². The minimum Gasteiger partial charge on any atom is -0.465 e. The molecule has 7 heteroatoms. The molecule has 0 radical (unpaired) electrons. The molecule has 1 saturated heterocycles. The van der Waals surface area contributed by atoms with Crippen molar-refractivity contribution in [3.8, 4) is 0 Å². The van der Waals surface area contributed by atoms with Gasteiger partial charge in [0.1, 0.15) is 5.60 Å². The van der Waals surface area contributed by atoms with Gasteiger partial charge in [0, 0.05) is 24.8 Å². The molecule has 0 bridgehead atoms. The highest BCUT2D eigenvalue weighted by atomic mass is 16.6. The topological polar surface area (TPSA) is 77.8 Å². The van der Waals surface area contributed by atoms with Gasteiger partial charge in [-0.25, -0.2) is 9.59 Å². The van der Waals surface area contributed by atoms with Gasteiger partial charge < -0.3 is 18.9 Å². The monoisotopic (exact) mass is 350 g/mol. The summed E-state index contributed by atoms with van der Waals surface area (Å²) in [6.07, 6.45) is 1.75. The molecular formula is C18H26N2O5.